The molecule has 44 heavy (non-hydrogen) atoms. The second kappa shape index (κ2) is 27.2. The van der Waals surface area contributed by atoms with Crippen LogP contribution in [0.15, 0.2) is 48.6 Å². The van der Waals surface area contributed by atoms with E-state index in [1.807, 2.05) is 28.1 Å². The number of carbonyl (C=O) groups is 2. The summed E-state index contributed by atoms with van der Waals surface area (Å²) >= 11 is 0. The Morgan fingerprint density at radius 3 is 1.70 bits per heavy atom. The lowest BCUT2D eigenvalue weighted by Gasteiger charge is -2.38. The van der Waals surface area contributed by atoms with Gasteiger partial charge in [-0.05, 0) is 117 Å². The van der Waals surface area contributed by atoms with Crippen LogP contribution in [0.4, 0.5) is 0 Å². The molecule has 1 aromatic carbocycles. The summed E-state index contributed by atoms with van der Waals surface area (Å²) < 4.78 is 10.7. The van der Waals surface area contributed by atoms with Gasteiger partial charge in [0, 0.05) is 33.0 Å². The number of aliphatic hydroxyl groups excluding tert-OH is 1. The first kappa shape index (κ1) is 41.9. The smallest absolute Gasteiger partial charge is 0.147 e. The van der Waals surface area contributed by atoms with Gasteiger partial charge in [-0.3, -0.25) is 9.59 Å². The molecule has 3 rings (SSSR count). The molecule has 1 N–H and O–H groups in total. The topological polar surface area (TPSA) is 72.8 Å². The van der Waals surface area contributed by atoms with Gasteiger partial charge in [0.05, 0.1) is 6.61 Å². The van der Waals surface area contributed by atoms with E-state index in [9.17, 15) is 9.59 Å². The van der Waals surface area contributed by atoms with Crippen molar-refractivity contribution < 1.29 is 24.2 Å². The molecule has 0 aliphatic heterocycles. The van der Waals surface area contributed by atoms with E-state index in [0.29, 0.717) is 11.9 Å². The summed E-state index contributed by atoms with van der Waals surface area (Å²) in [6, 6.07) is 9.59. The lowest BCUT2D eigenvalue weighted by Crippen LogP contribution is -2.26. The van der Waals surface area contributed by atoms with Crippen LogP contribution in [0.25, 0.3) is 0 Å². The number of ether oxygens (including phenoxy) is 2. The third-order valence-electron chi connectivity index (χ3n) is 9.02. The van der Waals surface area contributed by atoms with Crippen LogP contribution in [-0.4, -0.2) is 51.7 Å². The second-order valence-electron chi connectivity index (χ2n) is 12.4. The Kier molecular flexibility index (Phi) is 26.0. The van der Waals surface area contributed by atoms with Crippen LogP contribution in [0.3, 0.4) is 0 Å². The zero-order chi connectivity index (χ0) is 33.2. The maximum absolute atomic E-state index is 9.48. The highest BCUT2D eigenvalue weighted by Crippen LogP contribution is 2.45. The number of benzene rings is 1. The van der Waals surface area contributed by atoms with Gasteiger partial charge >= 0.3 is 0 Å². The quantitative estimate of drug-likeness (QED) is 0.157. The van der Waals surface area contributed by atoms with Crippen molar-refractivity contribution in [3.05, 3.63) is 59.7 Å². The first-order chi connectivity index (χ1) is 21.3. The van der Waals surface area contributed by atoms with E-state index in [2.05, 4.69) is 44.3 Å². The molecule has 0 saturated heterocycles. The minimum atomic E-state index is -0.233. The van der Waals surface area contributed by atoms with E-state index in [0.717, 1.165) is 49.1 Å². The average Bonchev–Trinajstić information content (AvgIpc) is 3.08. The lowest BCUT2D eigenvalue weighted by atomic mass is 9.67. The number of methoxy groups -OCH3 is 2. The molecule has 0 amide bonds. The molecule has 0 radical (unpaired) electrons. The van der Waals surface area contributed by atoms with Gasteiger partial charge in [0.15, 0.2) is 0 Å². The summed E-state index contributed by atoms with van der Waals surface area (Å²) in [7, 11) is 3.66. The van der Waals surface area contributed by atoms with E-state index >= 15 is 0 Å². The number of rotatable bonds is 15. The van der Waals surface area contributed by atoms with Crippen molar-refractivity contribution in [2.24, 2.45) is 23.7 Å². The Labute approximate surface area is 270 Å². The Morgan fingerprint density at radius 2 is 1.34 bits per heavy atom. The average molecular weight is 615 g/mol. The minimum Gasteiger partial charge on any atom is -0.392 e. The lowest BCUT2D eigenvalue weighted by molar-refractivity contribution is -0.105. The summed E-state index contributed by atoms with van der Waals surface area (Å²) in [5.41, 5.74) is 3.89. The van der Waals surface area contributed by atoms with Crippen molar-refractivity contribution in [2.45, 2.75) is 117 Å². The van der Waals surface area contributed by atoms with E-state index in [1.165, 1.54) is 89.0 Å². The highest BCUT2D eigenvalue weighted by atomic mass is 16.5. The van der Waals surface area contributed by atoms with E-state index in [-0.39, 0.29) is 12.2 Å². The first-order valence-electron chi connectivity index (χ1n) is 17.2. The van der Waals surface area contributed by atoms with Crippen LogP contribution < -0.4 is 0 Å². The number of aldehydes is 2. The number of carbonyl (C=O) groups excluding carboxylic acids is 2. The normalized spacial score (nSPS) is 20.9. The first-order valence-corrected chi connectivity index (χ1v) is 17.2. The molecule has 2 saturated carbocycles. The number of hydrogen-bond donors (Lipinski definition) is 1. The number of hydrogen-bond acceptors (Lipinski definition) is 5. The molecule has 0 aromatic heterocycles. The zero-order valence-electron chi connectivity index (χ0n) is 29.2. The predicted molar refractivity (Wildman–Crippen MR) is 186 cm³/mol. The van der Waals surface area contributed by atoms with Crippen molar-refractivity contribution >= 4 is 12.6 Å². The predicted octanol–water partition coefficient (Wildman–Crippen LogP) is 9.32. The highest BCUT2D eigenvalue weighted by Gasteiger charge is 2.32. The van der Waals surface area contributed by atoms with Gasteiger partial charge in [0.1, 0.15) is 12.6 Å². The SMILES string of the molecule is C=C(C)C=O.C=C(C=O)CO.CC.CCCc1ccc(C2CCC(C3CCC(CC(CCOC)CCOC)CC3)CC2)cc1. The van der Waals surface area contributed by atoms with Gasteiger partial charge in [-0.1, -0.05) is 77.5 Å². The summed E-state index contributed by atoms with van der Waals surface area (Å²) in [4.78, 5) is 18.9. The van der Waals surface area contributed by atoms with Crippen LogP contribution in [0, 0.1) is 23.7 Å². The van der Waals surface area contributed by atoms with Crippen LogP contribution in [0.2, 0.25) is 0 Å². The van der Waals surface area contributed by atoms with Crippen LogP contribution in [0.5, 0.6) is 0 Å². The highest BCUT2D eigenvalue weighted by molar-refractivity contribution is 5.72. The Balaban J connectivity index is 0.00000120. The van der Waals surface area contributed by atoms with Crippen molar-refractivity contribution in [1.29, 1.82) is 0 Å². The third-order valence-corrected chi connectivity index (χ3v) is 9.02. The third kappa shape index (κ3) is 18.7. The van der Waals surface area contributed by atoms with Gasteiger partial charge in [-0.2, -0.15) is 0 Å². The Morgan fingerprint density at radius 1 is 0.864 bits per heavy atom. The molecule has 5 nitrogen and oxygen atoms in total. The number of aliphatic hydroxyl groups is 1. The van der Waals surface area contributed by atoms with Crippen LogP contribution in [-0.2, 0) is 25.5 Å². The van der Waals surface area contributed by atoms with E-state index in [1.54, 1.807) is 12.5 Å². The summed E-state index contributed by atoms with van der Waals surface area (Å²) in [6.07, 6.45) is 19.1. The van der Waals surface area contributed by atoms with Gasteiger partial charge in [-0.25, -0.2) is 0 Å². The monoisotopic (exact) mass is 614 g/mol. The summed E-state index contributed by atoms with van der Waals surface area (Å²) in [5.74, 6) is 4.52. The fourth-order valence-electron chi connectivity index (χ4n) is 6.52. The Hall–Kier alpha value is -2.08. The fraction of sp³-hybridized carbons (Fsp3) is 0.692. The van der Waals surface area contributed by atoms with Crippen molar-refractivity contribution in [3.63, 3.8) is 0 Å². The van der Waals surface area contributed by atoms with Gasteiger partial charge in [0.25, 0.3) is 0 Å². The maximum Gasteiger partial charge on any atom is 0.147 e. The molecule has 5 heteroatoms. The molecular weight excluding hydrogens is 548 g/mol. The van der Waals surface area contributed by atoms with Crippen molar-refractivity contribution in [1.82, 2.24) is 0 Å². The zero-order valence-corrected chi connectivity index (χ0v) is 29.2. The van der Waals surface area contributed by atoms with Crippen molar-refractivity contribution in [3.8, 4) is 0 Å². The maximum atomic E-state index is 9.48. The van der Waals surface area contributed by atoms with E-state index in [4.69, 9.17) is 14.6 Å². The van der Waals surface area contributed by atoms with Gasteiger partial charge < -0.3 is 14.6 Å². The van der Waals surface area contributed by atoms with Crippen LogP contribution in [0.1, 0.15) is 122 Å². The van der Waals surface area contributed by atoms with E-state index < -0.39 is 0 Å². The molecule has 1 aromatic rings. The minimum absolute atomic E-state index is 0.218. The van der Waals surface area contributed by atoms with Gasteiger partial charge in [0.2, 0.25) is 0 Å². The molecule has 2 aliphatic rings. The largest absolute Gasteiger partial charge is 0.392 e. The molecule has 0 unspecified atom stereocenters. The summed E-state index contributed by atoms with van der Waals surface area (Å²) in [6.45, 7) is 16.0. The van der Waals surface area contributed by atoms with Gasteiger partial charge in [-0.15, -0.1) is 0 Å². The second-order valence-corrected chi connectivity index (χ2v) is 12.4. The standard InChI is InChI=1S/C29H48O2.C4H6O2.C4H6O.C2H6/c1-4-5-23-6-10-26(11-7-23)28-14-16-29(17-15-28)27-12-8-24(9-13-27)22-25(18-20-30-2)19-21-31-3;1-4(2-5)3-6;1-4(2)3-5;1-2/h6-7,10-11,24-25,27-29H,4-5,8-9,12-22H2,1-3H3;2,6H,1,3H2;3H,1H2,2H3;1-2H3. The molecule has 2 aliphatic carbocycles. The molecular formula is C39H66O5. The molecule has 0 spiro atoms. The Bertz CT molecular complexity index is 853. The number of aryl methyl sites for hydroxylation is 1. The molecule has 252 valence electrons. The molecule has 2 fully saturated rings. The molecule has 0 bridgehead atoms. The number of allylic oxidation sites excluding steroid dienone is 1. The fourth-order valence-corrected chi connectivity index (χ4v) is 6.52. The van der Waals surface area contributed by atoms with Crippen molar-refractivity contribution in [2.75, 3.05) is 34.0 Å². The summed E-state index contributed by atoms with van der Waals surface area (Å²) in [5, 5.41) is 8.00. The molecule has 0 atom stereocenters. The van der Waals surface area contributed by atoms with Crippen LogP contribution >= 0.6 is 0 Å². The molecule has 0 heterocycles.